The van der Waals surface area contributed by atoms with Crippen LogP contribution in [0.1, 0.15) is 6.42 Å². The summed E-state index contributed by atoms with van der Waals surface area (Å²) in [5, 5.41) is 6.40. The van der Waals surface area contributed by atoms with Gasteiger partial charge in [0.2, 0.25) is 0 Å². The van der Waals surface area contributed by atoms with Crippen molar-refractivity contribution in [2.45, 2.75) is 6.42 Å². The maximum absolute atomic E-state index is 3.20. The van der Waals surface area contributed by atoms with Crippen LogP contribution < -0.4 is 10.2 Å². The molecule has 1 aliphatic heterocycles. The zero-order chi connectivity index (χ0) is 4.24. The van der Waals surface area contributed by atoms with Crippen molar-refractivity contribution in [3.05, 3.63) is 0 Å². The molecule has 1 heterocycles. The first-order valence-electron chi connectivity index (χ1n) is 2.21. The summed E-state index contributed by atoms with van der Waals surface area (Å²) in [5.74, 6) is 0. The minimum Gasteiger partial charge on any atom is -0.286 e. The molecule has 0 spiro atoms. The molecule has 0 atom stereocenters. The molecule has 2 nitrogen and oxygen atoms in total. The lowest BCUT2D eigenvalue weighted by atomic mass is 10.4. The predicted octanol–water partition coefficient (Wildman–Crippen LogP) is 0.0778. The van der Waals surface area contributed by atoms with Crippen molar-refractivity contribution < 1.29 is 0 Å². The summed E-state index contributed by atoms with van der Waals surface area (Å²) in [6.07, 6.45) is 1.28. The van der Waals surface area contributed by atoms with Gasteiger partial charge in [-0.25, -0.2) is 0 Å². The largest absolute Gasteiger partial charge is 0.286 e. The van der Waals surface area contributed by atoms with Gasteiger partial charge in [0.15, 0.2) is 0 Å². The molecule has 0 aromatic rings. The van der Waals surface area contributed by atoms with Crippen molar-refractivity contribution in [2.24, 2.45) is 0 Å². The zero-order valence-corrected chi connectivity index (χ0v) is 4.62. The fourth-order valence-corrected chi connectivity index (χ4v) is 1.18. The minimum atomic E-state index is 0.802. The standard InChI is InChI=1S/C3H9N2P/c1-2-4-6-5-3-1/h4-6H,1-3H2. The van der Waals surface area contributed by atoms with Gasteiger partial charge in [0.05, 0.1) is 0 Å². The molecule has 0 radical (unpaired) electrons. The van der Waals surface area contributed by atoms with Gasteiger partial charge >= 0.3 is 0 Å². The Morgan fingerprint density at radius 1 is 1.17 bits per heavy atom. The Balaban J connectivity index is 2.00. The molecule has 1 saturated heterocycles. The van der Waals surface area contributed by atoms with Crippen LogP contribution in [-0.4, -0.2) is 13.1 Å². The van der Waals surface area contributed by atoms with Gasteiger partial charge in [-0.2, -0.15) is 0 Å². The van der Waals surface area contributed by atoms with Crippen LogP contribution in [0.25, 0.3) is 0 Å². The third kappa shape index (κ3) is 1.21. The third-order valence-corrected chi connectivity index (χ3v) is 1.63. The summed E-state index contributed by atoms with van der Waals surface area (Å²) in [6, 6.07) is 0. The fourth-order valence-electron chi connectivity index (χ4n) is 0.453. The molecule has 0 amide bonds. The lowest BCUT2D eigenvalue weighted by Crippen LogP contribution is -2.22. The van der Waals surface area contributed by atoms with Crippen molar-refractivity contribution in [3.8, 4) is 0 Å². The molecular weight excluding hydrogens is 95.0 g/mol. The molecule has 1 fully saturated rings. The van der Waals surface area contributed by atoms with E-state index in [-0.39, 0.29) is 0 Å². The molecule has 0 aromatic heterocycles. The second kappa shape index (κ2) is 2.51. The van der Waals surface area contributed by atoms with Crippen LogP contribution in [-0.2, 0) is 0 Å². The topological polar surface area (TPSA) is 24.1 Å². The molecular formula is C3H9N2P. The van der Waals surface area contributed by atoms with Crippen LogP contribution >= 0.6 is 8.88 Å². The van der Waals surface area contributed by atoms with Gasteiger partial charge in [0, 0.05) is 22.0 Å². The van der Waals surface area contributed by atoms with Crippen molar-refractivity contribution in [2.75, 3.05) is 13.1 Å². The molecule has 3 heteroatoms. The molecule has 36 valence electrons. The first-order valence-corrected chi connectivity index (χ1v) is 3.21. The third-order valence-electron chi connectivity index (χ3n) is 0.780. The van der Waals surface area contributed by atoms with Gasteiger partial charge in [0.1, 0.15) is 0 Å². The van der Waals surface area contributed by atoms with Crippen molar-refractivity contribution >= 4 is 8.88 Å². The molecule has 0 aromatic carbocycles. The Morgan fingerprint density at radius 2 is 1.83 bits per heavy atom. The number of rotatable bonds is 0. The average Bonchev–Trinajstić information content (AvgIpc) is 1.72. The molecule has 0 unspecified atom stereocenters. The fraction of sp³-hybridized carbons (Fsp3) is 1.00. The zero-order valence-electron chi connectivity index (χ0n) is 3.62. The number of hydrogen-bond acceptors (Lipinski definition) is 2. The minimum absolute atomic E-state index is 0.802. The van der Waals surface area contributed by atoms with Crippen LogP contribution in [0.5, 0.6) is 0 Å². The highest BCUT2D eigenvalue weighted by molar-refractivity contribution is 7.33. The van der Waals surface area contributed by atoms with E-state index in [1.54, 1.807) is 0 Å². The summed E-state index contributed by atoms with van der Waals surface area (Å²) in [5.41, 5.74) is 0. The summed E-state index contributed by atoms with van der Waals surface area (Å²) >= 11 is 0. The van der Waals surface area contributed by atoms with E-state index in [9.17, 15) is 0 Å². The molecule has 6 heavy (non-hydrogen) atoms. The Morgan fingerprint density at radius 3 is 2.00 bits per heavy atom. The van der Waals surface area contributed by atoms with Crippen molar-refractivity contribution in [3.63, 3.8) is 0 Å². The van der Waals surface area contributed by atoms with Gasteiger partial charge < -0.3 is 0 Å². The SMILES string of the molecule is C1CNPNC1. The van der Waals surface area contributed by atoms with Gasteiger partial charge in [-0.3, -0.25) is 10.2 Å². The van der Waals surface area contributed by atoms with E-state index in [2.05, 4.69) is 10.2 Å². The molecule has 0 saturated carbocycles. The first-order chi connectivity index (χ1) is 3.00. The molecule has 0 aliphatic carbocycles. The van der Waals surface area contributed by atoms with E-state index in [0.717, 1.165) is 8.88 Å². The Hall–Kier alpha value is 0.350. The van der Waals surface area contributed by atoms with E-state index >= 15 is 0 Å². The second-order valence-corrected chi connectivity index (χ2v) is 2.29. The molecule has 0 bridgehead atoms. The van der Waals surface area contributed by atoms with Crippen molar-refractivity contribution in [1.29, 1.82) is 0 Å². The van der Waals surface area contributed by atoms with Crippen LogP contribution in [0.2, 0.25) is 0 Å². The maximum atomic E-state index is 3.20. The highest BCUT2D eigenvalue weighted by Gasteiger charge is 1.91. The van der Waals surface area contributed by atoms with Crippen LogP contribution in [0.3, 0.4) is 0 Å². The number of nitrogens with one attached hydrogen (secondary N) is 2. The predicted molar refractivity (Wildman–Crippen MR) is 28.9 cm³/mol. The maximum Gasteiger partial charge on any atom is 0.0183 e. The van der Waals surface area contributed by atoms with Gasteiger partial charge in [-0.1, -0.05) is 0 Å². The number of hydrogen-bond donors (Lipinski definition) is 2. The van der Waals surface area contributed by atoms with E-state index in [1.807, 2.05) is 0 Å². The van der Waals surface area contributed by atoms with Gasteiger partial charge in [0.25, 0.3) is 0 Å². The molecule has 2 N–H and O–H groups in total. The van der Waals surface area contributed by atoms with Crippen LogP contribution in [0.4, 0.5) is 0 Å². The van der Waals surface area contributed by atoms with E-state index < -0.39 is 0 Å². The Bertz CT molecular complexity index is 24.3. The normalized spacial score (nSPS) is 24.0. The van der Waals surface area contributed by atoms with Gasteiger partial charge in [-0.05, 0) is 6.42 Å². The smallest absolute Gasteiger partial charge is 0.0183 e. The highest BCUT2D eigenvalue weighted by Crippen LogP contribution is 1.99. The van der Waals surface area contributed by atoms with E-state index in [4.69, 9.17) is 0 Å². The summed E-state index contributed by atoms with van der Waals surface area (Å²) in [4.78, 5) is 0. The van der Waals surface area contributed by atoms with E-state index in [0.29, 0.717) is 0 Å². The monoisotopic (exact) mass is 104 g/mol. The quantitative estimate of drug-likeness (QED) is 0.425. The first kappa shape index (κ1) is 4.51. The lowest BCUT2D eigenvalue weighted by molar-refractivity contribution is 0.732. The average molecular weight is 104 g/mol. The van der Waals surface area contributed by atoms with Crippen LogP contribution in [0, 0.1) is 0 Å². The highest BCUT2D eigenvalue weighted by atomic mass is 31.1. The van der Waals surface area contributed by atoms with Gasteiger partial charge in [-0.15, -0.1) is 0 Å². The second-order valence-electron chi connectivity index (χ2n) is 1.33. The Labute approximate surface area is 39.6 Å². The summed E-state index contributed by atoms with van der Waals surface area (Å²) in [7, 11) is 0.802. The molecule has 1 aliphatic rings. The van der Waals surface area contributed by atoms with Crippen molar-refractivity contribution in [1.82, 2.24) is 10.2 Å². The van der Waals surface area contributed by atoms with Crippen LogP contribution in [0.15, 0.2) is 0 Å². The Kier molecular flexibility index (Phi) is 1.89. The lowest BCUT2D eigenvalue weighted by Gasteiger charge is -2.10. The van der Waals surface area contributed by atoms with E-state index in [1.165, 1.54) is 19.5 Å². The summed E-state index contributed by atoms with van der Waals surface area (Å²) in [6.45, 7) is 2.40. The molecule has 1 rings (SSSR count). The summed E-state index contributed by atoms with van der Waals surface area (Å²) < 4.78 is 0.